The van der Waals surface area contributed by atoms with E-state index >= 15 is 0 Å². The number of amides is 1. The Morgan fingerprint density at radius 3 is 2.96 bits per heavy atom. The zero-order valence-electron chi connectivity index (χ0n) is 13.4. The number of rotatable bonds is 4. The molecule has 1 amide bonds. The molecule has 7 nitrogen and oxygen atoms in total. The molecule has 2 atom stereocenters. The number of aromatic nitrogens is 2. The number of hydrogen-bond acceptors (Lipinski definition) is 6. The van der Waals surface area contributed by atoms with Gasteiger partial charge in [-0.25, -0.2) is 4.98 Å². The molecule has 0 aliphatic carbocycles. The zero-order valence-corrected chi connectivity index (χ0v) is 13.4. The minimum absolute atomic E-state index is 0.0391. The third-order valence-corrected chi connectivity index (χ3v) is 4.63. The van der Waals surface area contributed by atoms with Crippen LogP contribution in [0.1, 0.15) is 36.2 Å². The van der Waals surface area contributed by atoms with E-state index in [0.29, 0.717) is 24.6 Å². The summed E-state index contributed by atoms with van der Waals surface area (Å²) in [7, 11) is 0. The summed E-state index contributed by atoms with van der Waals surface area (Å²) in [5.74, 6) is 0.751. The van der Waals surface area contributed by atoms with Crippen LogP contribution in [0.25, 0.3) is 0 Å². The van der Waals surface area contributed by atoms with Gasteiger partial charge in [-0.15, -0.1) is 0 Å². The van der Waals surface area contributed by atoms with Crippen molar-refractivity contribution < 1.29 is 9.90 Å². The summed E-state index contributed by atoms with van der Waals surface area (Å²) in [6, 6.07) is 0. The summed E-state index contributed by atoms with van der Waals surface area (Å²) in [6.07, 6.45) is 7.04. The molecule has 7 heteroatoms. The van der Waals surface area contributed by atoms with Crippen molar-refractivity contribution in [2.75, 3.05) is 38.0 Å². The molecule has 2 aliphatic rings. The summed E-state index contributed by atoms with van der Waals surface area (Å²) >= 11 is 0. The lowest BCUT2D eigenvalue weighted by Gasteiger charge is -2.28. The third kappa shape index (κ3) is 4.17. The SMILES string of the molecule is O=C(c1cncc(NC[C@@H]2CCNC[C@H]2O)n1)N1CCCCC1. The number of carbonyl (C=O) groups excluding carboxylic acids is 1. The molecule has 0 aromatic carbocycles. The quantitative estimate of drug-likeness (QED) is 0.748. The van der Waals surface area contributed by atoms with Gasteiger partial charge >= 0.3 is 0 Å². The van der Waals surface area contributed by atoms with Gasteiger partial charge in [0.05, 0.1) is 18.5 Å². The van der Waals surface area contributed by atoms with Crippen LogP contribution in [0.4, 0.5) is 5.82 Å². The van der Waals surface area contributed by atoms with Crippen molar-refractivity contribution >= 4 is 11.7 Å². The van der Waals surface area contributed by atoms with Crippen LogP contribution in [-0.2, 0) is 0 Å². The normalized spacial score (nSPS) is 25.2. The average molecular weight is 319 g/mol. The first-order valence-electron chi connectivity index (χ1n) is 8.48. The van der Waals surface area contributed by atoms with Gasteiger partial charge in [-0.1, -0.05) is 0 Å². The lowest BCUT2D eigenvalue weighted by molar-refractivity contribution is 0.0717. The summed E-state index contributed by atoms with van der Waals surface area (Å²) in [5, 5.41) is 16.3. The second kappa shape index (κ2) is 7.70. The van der Waals surface area contributed by atoms with Crippen molar-refractivity contribution in [2.45, 2.75) is 31.8 Å². The first kappa shape index (κ1) is 16.1. The fraction of sp³-hybridized carbons (Fsp3) is 0.688. The second-order valence-corrected chi connectivity index (χ2v) is 6.34. The number of likely N-dealkylation sites (tertiary alicyclic amines) is 1. The van der Waals surface area contributed by atoms with E-state index in [9.17, 15) is 9.90 Å². The van der Waals surface area contributed by atoms with Gasteiger partial charge in [0.2, 0.25) is 0 Å². The highest BCUT2D eigenvalue weighted by Crippen LogP contribution is 2.15. The molecule has 0 spiro atoms. The molecule has 2 aliphatic heterocycles. The largest absolute Gasteiger partial charge is 0.391 e. The number of carbonyl (C=O) groups is 1. The topological polar surface area (TPSA) is 90.4 Å². The number of β-amino-alcohol motifs (C(OH)–C–C–N with tert-alkyl or cyclic N) is 1. The third-order valence-electron chi connectivity index (χ3n) is 4.63. The van der Waals surface area contributed by atoms with Crippen molar-refractivity contribution in [3.8, 4) is 0 Å². The highest BCUT2D eigenvalue weighted by Gasteiger charge is 2.23. The standard InChI is InChI=1S/C16H25N5O2/c22-14-10-17-5-4-12(14)8-19-15-11-18-9-13(20-15)16(23)21-6-2-1-3-7-21/h9,11-12,14,17,22H,1-8,10H2,(H,19,20)/t12-,14+/m0/s1. The fourth-order valence-corrected chi connectivity index (χ4v) is 3.18. The molecular formula is C16H25N5O2. The molecule has 1 aromatic rings. The van der Waals surface area contributed by atoms with E-state index < -0.39 is 0 Å². The predicted octanol–water partition coefficient (Wildman–Crippen LogP) is 0.485. The molecule has 3 heterocycles. The summed E-state index contributed by atoms with van der Waals surface area (Å²) in [6.45, 7) is 3.80. The van der Waals surface area contributed by atoms with Crippen LogP contribution >= 0.6 is 0 Å². The number of aliphatic hydroxyl groups excluding tert-OH is 1. The van der Waals surface area contributed by atoms with Crippen LogP contribution < -0.4 is 10.6 Å². The molecule has 23 heavy (non-hydrogen) atoms. The number of anilines is 1. The van der Waals surface area contributed by atoms with Gasteiger partial charge in [0.25, 0.3) is 5.91 Å². The summed E-state index contributed by atoms with van der Waals surface area (Å²) in [5.41, 5.74) is 0.391. The molecule has 1 aromatic heterocycles. The van der Waals surface area contributed by atoms with E-state index in [1.54, 1.807) is 6.20 Å². The van der Waals surface area contributed by atoms with Crippen molar-refractivity contribution in [3.63, 3.8) is 0 Å². The van der Waals surface area contributed by atoms with Gasteiger partial charge in [0.15, 0.2) is 0 Å². The predicted molar refractivity (Wildman–Crippen MR) is 87.3 cm³/mol. The number of nitrogens with one attached hydrogen (secondary N) is 2. The molecule has 0 bridgehead atoms. The summed E-state index contributed by atoms with van der Waals surface area (Å²) < 4.78 is 0. The van der Waals surface area contributed by atoms with E-state index in [0.717, 1.165) is 38.9 Å². The van der Waals surface area contributed by atoms with Crippen molar-refractivity contribution in [1.29, 1.82) is 0 Å². The maximum atomic E-state index is 12.5. The number of piperidine rings is 2. The van der Waals surface area contributed by atoms with Gasteiger partial charge in [-0.2, -0.15) is 0 Å². The van der Waals surface area contributed by atoms with Crippen molar-refractivity contribution in [3.05, 3.63) is 18.1 Å². The molecule has 2 saturated heterocycles. The fourth-order valence-electron chi connectivity index (χ4n) is 3.18. The molecule has 0 saturated carbocycles. The summed E-state index contributed by atoms with van der Waals surface area (Å²) in [4.78, 5) is 22.8. The lowest BCUT2D eigenvalue weighted by Crippen LogP contribution is -2.43. The zero-order chi connectivity index (χ0) is 16.1. The van der Waals surface area contributed by atoms with Gasteiger partial charge in [-0.05, 0) is 32.2 Å². The second-order valence-electron chi connectivity index (χ2n) is 6.34. The van der Waals surface area contributed by atoms with Crippen LogP contribution in [0, 0.1) is 5.92 Å². The molecule has 3 N–H and O–H groups in total. The molecule has 126 valence electrons. The van der Waals surface area contributed by atoms with Crippen molar-refractivity contribution in [1.82, 2.24) is 20.2 Å². The first-order chi connectivity index (χ1) is 11.2. The minimum atomic E-state index is -0.345. The van der Waals surface area contributed by atoms with Crippen molar-refractivity contribution in [2.24, 2.45) is 5.92 Å². The molecule has 3 rings (SSSR count). The van der Waals surface area contributed by atoms with E-state index in [-0.39, 0.29) is 17.9 Å². The van der Waals surface area contributed by atoms with Crippen LogP contribution in [0.3, 0.4) is 0 Å². The number of aliphatic hydroxyl groups is 1. The minimum Gasteiger partial charge on any atom is -0.391 e. The van der Waals surface area contributed by atoms with Gasteiger partial charge in [0.1, 0.15) is 11.5 Å². The van der Waals surface area contributed by atoms with E-state index in [1.165, 1.54) is 12.6 Å². The van der Waals surface area contributed by atoms with Gasteiger partial charge in [-0.3, -0.25) is 9.78 Å². The maximum absolute atomic E-state index is 12.5. The number of hydrogen-bond donors (Lipinski definition) is 3. The first-order valence-corrected chi connectivity index (χ1v) is 8.48. The van der Waals surface area contributed by atoms with E-state index in [2.05, 4.69) is 20.6 Å². The Balaban J connectivity index is 1.59. The van der Waals surface area contributed by atoms with E-state index in [1.807, 2.05) is 4.90 Å². The Morgan fingerprint density at radius 2 is 2.17 bits per heavy atom. The molecule has 0 unspecified atom stereocenters. The smallest absolute Gasteiger partial charge is 0.274 e. The Kier molecular flexibility index (Phi) is 5.40. The van der Waals surface area contributed by atoms with Crippen LogP contribution in [-0.4, -0.2) is 64.7 Å². The van der Waals surface area contributed by atoms with E-state index in [4.69, 9.17) is 0 Å². The van der Waals surface area contributed by atoms with Crippen LogP contribution in [0.5, 0.6) is 0 Å². The highest BCUT2D eigenvalue weighted by molar-refractivity contribution is 5.92. The Hall–Kier alpha value is -1.73. The Labute approximate surface area is 136 Å². The highest BCUT2D eigenvalue weighted by atomic mass is 16.3. The average Bonchev–Trinajstić information content (AvgIpc) is 2.61. The van der Waals surface area contributed by atoms with Gasteiger partial charge < -0.3 is 20.6 Å². The Bertz CT molecular complexity index is 533. The van der Waals surface area contributed by atoms with Crippen LogP contribution in [0.15, 0.2) is 12.4 Å². The number of nitrogens with zero attached hydrogens (tertiary/aromatic N) is 3. The molecule has 0 radical (unpaired) electrons. The lowest BCUT2D eigenvalue weighted by atomic mass is 9.95. The van der Waals surface area contributed by atoms with Crippen LogP contribution in [0.2, 0.25) is 0 Å². The Morgan fingerprint density at radius 1 is 1.35 bits per heavy atom. The molecule has 2 fully saturated rings. The maximum Gasteiger partial charge on any atom is 0.274 e. The van der Waals surface area contributed by atoms with Gasteiger partial charge in [0, 0.05) is 32.1 Å². The molecular weight excluding hydrogens is 294 g/mol. The monoisotopic (exact) mass is 319 g/mol.